The van der Waals surface area contributed by atoms with Crippen LogP contribution in [0, 0.1) is 0 Å². The zero-order chi connectivity index (χ0) is 12.8. The molecule has 0 aromatic heterocycles. The fraction of sp³-hybridized carbons (Fsp3) is 0.143. The Kier molecular flexibility index (Phi) is 4.66. The van der Waals surface area contributed by atoms with E-state index < -0.39 is 4.70 Å². The summed E-state index contributed by atoms with van der Waals surface area (Å²) in [5.74, 6) is 1.48. The second-order valence-corrected chi connectivity index (χ2v) is 5.39. The molecular formula is C14H12Br2O2. The Bertz CT molecular complexity index is 432. The molecule has 0 saturated carbocycles. The monoisotopic (exact) mass is 370 g/mol. The van der Waals surface area contributed by atoms with E-state index in [1.54, 1.807) is 0 Å². The van der Waals surface area contributed by atoms with Gasteiger partial charge in [-0.15, -0.1) is 0 Å². The van der Waals surface area contributed by atoms with Crippen molar-refractivity contribution in [3.8, 4) is 11.5 Å². The number of halogens is 2. The van der Waals surface area contributed by atoms with Crippen LogP contribution in [0.1, 0.15) is 0 Å². The molecule has 0 fully saturated rings. The molecule has 2 nitrogen and oxygen atoms in total. The summed E-state index contributed by atoms with van der Waals surface area (Å²) in [5.41, 5.74) is 0. The fourth-order valence-corrected chi connectivity index (χ4v) is 2.01. The largest absolute Gasteiger partial charge is 0.442 e. The van der Waals surface area contributed by atoms with E-state index in [0.717, 1.165) is 11.5 Å². The normalized spacial score (nSPS) is 11.0. The first-order chi connectivity index (χ1) is 8.72. The Balaban J connectivity index is 2.11. The molecule has 0 heterocycles. The smallest absolute Gasteiger partial charge is 0.318 e. The van der Waals surface area contributed by atoms with Crippen LogP contribution in [-0.2, 0) is 0 Å². The molecule has 4 heteroatoms. The van der Waals surface area contributed by atoms with Crippen molar-refractivity contribution < 1.29 is 9.47 Å². The van der Waals surface area contributed by atoms with Gasteiger partial charge in [-0.25, -0.2) is 0 Å². The molecule has 2 aromatic carbocycles. The second-order valence-electron chi connectivity index (χ2n) is 3.62. The van der Waals surface area contributed by atoms with Crippen molar-refractivity contribution in [2.75, 3.05) is 5.33 Å². The Morgan fingerprint density at radius 3 is 1.50 bits per heavy atom. The zero-order valence-electron chi connectivity index (χ0n) is 9.55. The number of para-hydroxylation sites is 2. The third-order valence-corrected chi connectivity index (χ3v) is 4.28. The first-order valence-electron chi connectivity index (χ1n) is 5.45. The summed E-state index contributed by atoms with van der Waals surface area (Å²) in [4.78, 5) is 0. The summed E-state index contributed by atoms with van der Waals surface area (Å²) in [6.45, 7) is 0. The van der Waals surface area contributed by atoms with Crippen LogP contribution in [0.2, 0.25) is 0 Å². The molecule has 0 atom stereocenters. The van der Waals surface area contributed by atoms with E-state index in [1.807, 2.05) is 60.7 Å². The van der Waals surface area contributed by atoms with Gasteiger partial charge >= 0.3 is 4.70 Å². The zero-order valence-corrected chi connectivity index (χ0v) is 12.7. The van der Waals surface area contributed by atoms with Crippen LogP contribution in [0.5, 0.6) is 11.5 Å². The predicted octanol–water partition coefficient (Wildman–Crippen LogP) is 4.59. The van der Waals surface area contributed by atoms with Crippen molar-refractivity contribution in [3.05, 3.63) is 60.7 Å². The molecule has 2 rings (SSSR count). The van der Waals surface area contributed by atoms with Gasteiger partial charge in [0, 0.05) is 15.9 Å². The molecule has 0 saturated heterocycles. The highest BCUT2D eigenvalue weighted by atomic mass is 79.9. The number of hydrogen-bond acceptors (Lipinski definition) is 2. The van der Waals surface area contributed by atoms with Crippen molar-refractivity contribution in [3.63, 3.8) is 0 Å². The second kappa shape index (κ2) is 6.25. The quantitative estimate of drug-likeness (QED) is 0.565. The van der Waals surface area contributed by atoms with E-state index in [9.17, 15) is 0 Å². The average Bonchev–Trinajstić information content (AvgIpc) is 2.41. The van der Waals surface area contributed by atoms with E-state index in [2.05, 4.69) is 31.9 Å². The molecule has 0 radical (unpaired) electrons. The van der Waals surface area contributed by atoms with Gasteiger partial charge in [-0.3, -0.25) is 0 Å². The van der Waals surface area contributed by atoms with Crippen molar-refractivity contribution in [1.29, 1.82) is 0 Å². The van der Waals surface area contributed by atoms with Crippen LogP contribution in [0.4, 0.5) is 0 Å². The number of hydrogen-bond donors (Lipinski definition) is 0. The Labute approximate surface area is 123 Å². The maximum atomic E-state index is 5.80. The molecule has 0 N–H and O–H groups in total. The van der Waals surface area contributed by atoms with Gasteiger partial charge in [0.25, 0.3) is 0 Å². The van der Waals surface area contributed by atoms with Crippen molar-refractivity contribution >= 4 is 31.9 Å². The maximum absolute atomic E-state index is 5.80. The van der Waals surface area contributed by atoms with Crippen LogP contribution < -0.4 is 9.47 Å². The predicted molar refractivity (Wildman–Crippen MR) is 79.6 cm³/mol. The van der Waals surface area contributed by atoms with E-state index in [0.29, 0.717) is 5.33 Å². The lowest BCUT2D eigenvalue weighted by molar-refractivity contribution is -0.000389. The number of rotatable bonds is 5. The molecule has 0 amide bonds. The van der Waals surface area contributed by atoms with Gasteiger partial charge in [0.1, 0.15) is 11.5 Å². The Hall–Kier alpha value is -1.00. The summed E-state index contributed by atoms with van der Waals surface area (Å²) in [6.07, 6.45) is 0. The topological polar surface area (TPSA) is 18.5 Å². The third-order valence-electron chi connectivity index (χ3n) is 2.19. The summed E-state index contributed by atoms with van der Waals surface area (Å²) in [6, 6.07) is 19.1. The Morgan fingerprint density at radius 2 is 1.17 bits per heavy atom. The molecule has 0 aliphatic heterocycles. The maximum Gasteiger partial charge on any atom is 0.318 e. The number of benzene rings is 2. The fourth-order valence-electron chi connectivity index (χ4n) is 1.40. The average molecular weight is 372 g/mol. The van der Waals surface area contributed by atoms with Gasteiger partial charge < -0.3 is 9.47 Å². The molecule has 2 aromatic rings. The summed E-state index contributed by atoms with van der Waals surface area (Å²) in [7, 11) is 0. The van der Waals surface area contributed by atoms with Crippen LogP contribution >= 0.6 is 31.9 Å². The standard InChI is InChI=1S/C14H12Br2O2/c15-11-14(16,17-12-7-3-1-4-8-12)18-13-9-5-2-6-10-13/h1-10H,11H2. The van der Waals surface area contributed by atoms with Gasteiger partial charge in [-0.2, -0.15) is 0 Å². The molecule has 18 heavy (non-hydrogen) atoms. The van der Waals surface area contributed by atoms with Crippen LogP contribution in [0.15, 0.2) is 60.7 Å². The SMILES string of the molecule is BrCC(Br)(Oc1ccccc1)Oc1ccccc1. The molecule has 0 aliphatic carbocycles. The molecule has 0 bridgehead atoms. The van der Waals surface area contributed by atoms with E-state index in [1.165, 1.54) is 0 Å². The molecule has 94 valence electrons. The van der Waals surface area contributed by atoms with Crippen LogP contribution in [0.25, 0.3) is 0 Å². The van der Waals surface area contributed by atoms with Gasteiger partial charge in [0.2, 0.25) is 0 Å². The lowest BCUT2D eigenvalue weighted by atomic mass is 10.3. The summed E-state index contributed by atoms with van der Waals surface area (Å²) < 4.78 is 10.7. The van der Waals surface area contributed by atoms with Gasteiger partial charge in [-0.1, -0.05) is 52.3 Å². The van der Waals surface area contributed by atoms with E-state index in [-0.39, 0.29) is 0 Å². The molecule has 0 spiro atoms. The minimum Gasteiger partial charge on any atom is -0.442 e. The van der Waals surface area contributed by atoms with Crippen molar-refractivity contribution in [1.82, 2.24) is 0 Å². The highest BCUT2D eigenvalue weighted by molar-refractivity contribution is 9.12. The van der Waals surface area contributed by atoms with Crippen molar-refractivity contribution in [2.45, 2.75) is 4.70 Å². The van der Waals surface area contributed by atoms with Gasteiger partial charge in [-0.05, 0) is 24.3 Å². The van der Waals surface area contributed by atoms with Crippen molar-refractivity contribution in [2.24, 2.45) is 0 Å². The molecule has 0 unspecified atom stereocenters. The lowest BCUT2D eigenvalue weighted by Crippen LogP contribution is -2.37. The van der Waals surface area contributed by atoms with Crippen LogP contribution in [0.3, 0.4) is 0 Å². The first kappa shape index (κ1) is 13.4. The molecule has 0 aliphatic rings. The molecular weight excluding hydrogens is 360 g/mol. The highest BCUT2D eigenvalue weighted by Crippen LogP contribution is 2.29. The number of alkyl halides is 2. The summed E-state index contributed by atoms with van der Waals surface area (Å²) in [5, 5.41) is 0.490. The van der Waals surface area contributed by atoms with Gasteiger partial charge in [0.05, 0.1) is 5.33 Å². The van der Waals surface area contributed by atoms with E-state index >= 15 is 0 Å². The lowest BCUT2D eigenvalue weighted by Gasteiger charge is -2.27. The van der Waals surface area contributed by atoms with Crippen LogP contribution in [-0.4, -0.2) is 10.0 Å². The minimum atomic E-state index is -0.921. The first-order valence-corrected chi connectivity index (χ1v) is 7.36. The highest BCUT2D eigenvalue weighted by Gasteiger charge is 2.30. The third kappa shape index (κ3) is 3.75. The summed E-state index contributed by atoms with van der Waals surface area (Å²) >= 11 is 6.86. The number of ether oxygens (including phenoxy) is 2. The van der Waals surface area contributed by atoms with Gasteiger partial charge in [0.15, 0.2) is 0 Å². The van der Waals surface area contributed by atoms with E-state index in [4.69, 9.17) is 9.47 Å². The minimum absolute atomic E-state index is 0.490. The Morgan fingerprint density at radius 1 is 0.778 bits per heavy atom.